The van der Waals surface area contributed by atoms with Crippen LogP contribution in [0.1, 0.15) is 25.8 Å². The zero-order valence-electron chi connectivity index (χ0n) is 15.1. The average molecular weight is 382 g/mol. The van der Waals surface area contributed by atoms with Gasteiger partial charge in [0.05, 0.1) is 6.42 Å². The van der Waals surface area contributed by atoms with Gasteiger partial charge in [0, 0.05) is 0 Å². The van der Waals surface area contributed by atoms with Gasteiger partial charge < -0.3 is 20.5 Å². The van der Waals surface area contributed by atoms with Crippen molar-refractivity contribution in [1.82, 2.24) is 10.6 Å². The molecule has 0 unspecified atom stereocenters. The van der Waals surface area contributed by atoms with Crippen LogP contribution < -0.4 is 10.6 Å². The van der Waals surface area contributed by atoms with E-state index in [1.54, 1.807) is 38.1 Å². The van der Waals surface area contributed by atoms with Crippen LogP contribution in [0.25, 0.3) is 0 Å². The molecule has 0 spiro atoms. The maximum atomic E-state index is 12.6. The van der Waals surface area contributed by atoms with Crippen molar-refractivity contribution in [3.8, 4) is 0 Å². The second-order valence-electron chi connectivity index (χ2n) is 6.19. The van der Waals surface area contributed by atoms with E-state index in [0.717, 1.165) is 5.56 Å². The highest BCUT2D eigenvalue weighted by molar-refractivity contribution is 5.94. The Balaban J connectivity index is 2.69. The highest BCUT2D eigenvalue weighted by Crippen LogP contribution is 2.06. The first-order valence-corrected chi connectivity index (χ1v) is 8.32. The molecule has 0 fully saturated rings. The van der Waals surface area contributed by atoms with Crippen LogP contribution in [0.5, 0.6) is 0 Å². The number of ether oxygens (including phenoxy) is 1. The second kappa shape index (κ2) is 10.9. The molecule has 0 aliphatic rings. The Kier molecular flexibility index (Phi) is 8.91. The van der Waals surface area contributed by atoms with Gasteiger partial charge in [0.2, 0.25) is 5.91 Å². The van der Waals surface area contributed by atoms with Crippen LogP contribution in [-0.2, 0) is 25.7 Å². The van der Waals surface area contributed by atoms with E-state index in [-0.39, 0.29) is 12.5 Å². The molecule has 0 bridgehead atoms. The maximum Gasteiger partial charge on any atom is 0.408 e. The smallest absolute Gasteiger partial charge is 0.408 e. The predicted molar refractivity (Wildman–Crippen MR) is 93.6 cm³/mol. The van der Waals surface area contributed by atoms with Crippen LogP contribution in [0, 0.1) is 5.92 Å². The number of carboxylic acids is 1. The number of nitrogens with one attached hydrogen (secondary N) is 2. The molecule has 1 aromatic rings. The first-order valence-electron chi connectivity index (χ1n) is 8.32. The van der Waals surface area contributed by atoms with Crippen LogP contribution in [-0.4, -0.2) is 47.6 Å². The first kappa shape index (κ1) is 22.1. The molecule has 27 heavy (non-hydrogen) atoms. The number of halogens is 1. The molecule has 2 amide bonds. The number of aliphatic carboxylic acids is 1. The monoisotopic (exact) mass is 382 g/mol. The zero-order valence-corrected chi connectivity index (χ0v) is 15.1. The quantitative estimate of drug-likeness (QED) is 0.563. The average Bonchev–Trinajstić information content (AvgIpc) is 2.63. The third-order valence-electron chi connectivity index (χ3n) is 3.65. The summed E-state index contributed by atoms with van der Waals surface area (Å²) in [4.78, 5) is 46.6. The highest BCUT2D eigenvalue weighted by Gasteiger charge is 2.30. The molecule has 0 radical (unpaired) electrons. The predicted octanol–water partition coefficient (Wildman–Crippen LogP) is 1.44. The molecule has 1 aromatic carbocycles. The van der Waals surface area contributed by atoms with Gasteiger partial charge >= 0.3 is 12.1 Å². The van der Waals surface area contributed by atoms with Crippen molar-refractivity contribution in [2.24, 2.45) is 5.92 Å². The van der Waals surface area contributed by atoms with Gasteiger partial charge in [-0.05, 0) is 11.5 Å². The Morgan fingerprint density at radius 2 is 1.74 bits per heavy atom. The second-order valence-corrected chi connectivity index (χ2v) is 6.19. The lowest BCUT2D eigenvalue weighted by atomic mass is 10.0. The number of hydrogen-bond donors (Lipinski definition) is 3. The molecule has 148 valence electrons. The fourth-order valence-corrected chi connectivity index (χ4v) is 2.20. The number of Topliss-reactive ketones (excluding diaryl/α,β-unsaturated/α-hetero) is 1. The minimum Gasteiger partial charge on any atom is -0.481 e. The van der Waals surface area contributed by atoms with Crippen LogP contribution in [0.15, 0.2) is 30.3 Å². The van der Waals surface area contributed by atoms with Gasteiger partial charge in [0.25, 0.3) is 0 Å². The van der Waals surface area contributed by atoms with E-state index in [2.05, 4.69) is 10.6 Å². The first-order chi connectivity index (χ1) is 12.7. The van der Waals surface area contributed by atoms with Crippen molar-refractivity contribution >= 4 is 23.8 Å². The fourth-order valence-electron chi connectivity index (χ4n) is 2.20. The zero-order chi connectivity index (χ0) is 20.4. The van der Waals surface area contributed by atoms with Gasteiger partial charge in [-0.2, -0.15) is 0 Å². The largest absolute Gasteiger partial charge is 0.481 e. The summed E-state index contributed by atoms with van der Waals surface area (Å²) in [5.74, 6) is -3.60. The van der Waals surface area contributed by atoms with Crippen LogP contribution >= 0.6 is 0 Å². The molecule has 8 nitrogen and oxygen atoms in total. The van der Waals surface area contributed by atoms with Gasteiger partial charge in [-0.1, -0.05) is 44.2 Å². The van der Waals surface area contributed by atoms with Gasteiger partial charge in [-0.3, -0.25) is 14.4 Å². The molecule has 2 atom stereocenters. The summed E-state index contributed by atoms with van der Waals surface area (Å²) in [5.41, 5.74) is 0.758. The minimum atomic E-state index is -1.51. The van der Waals surface area contributed by atoms with E-state index in [0.29, 0.717) is 0 Å². The van der Waals surface area contributed by atoms with E-state index in [1.165, 1.54) is 0 Å². The van der Waals surface area contributed by atoms with Crippen molar-refractivity contribution in [3.05, 3.63) is 35.9 Å². The minimum absolute atomic E-state index is 0.00108. The topological polar surface area (TPSA) is 122 Å². The summed E-state index contributed by atoms with van der Waals surface area (Å²) in [6.45, 7) is 1.88. The van der Waals surface area contributed by atoms with Crippen LogP contribution in [0.2, 0.25) is 0 Å². The number of rotatable bonds is 10. The molecule has 0 heterocycles. The van der Waals surface area contributed by atoms with Crippen molar-refractivity contribution in [2.75, 3.05) is 6.67 Å². The molecule has 0 saturated carbocycles. The third kappa shape index (κ3) is 7.85. The number of alkyl carbamates (subject to hydrolysis) is 1. The summed E-state index contributed by atoms with van der Waals surface area (Å²) in [6.07, 6.45) is -1.60. The van der Waals surface area contributed by atoms with Crippen molar-refractivity contribution in [3.63, 3.8) is 0 Å². The number of carbonyl (C=O) groups is 4. The Hall–Kier alpha value is -2.97. The number of carbonyl (C=O) groups excluding carboxylic acids is 3. The molecule has 0 aliphatic heterocycles. The standard InChI is InChI=1S/C18H23FN2O6/c1-11(2)16(17(25)20-13(8-15(23)24)14(22)9-19)21-18(26)27-10-12-6-4-3-5-7-12/h3-7,11,13,16H,8-10H2,1-2H3,(H,20,25)(H,21,26)(H,23,24)/t13-,16-/m0/s1. The van der Waals surface area contributed by atoms with Gasteiger partial charge in [0.1, 0.15) is 25.4 Å². The number of ketones is 1. The summed E-state index contributed by atoms with van der Waals surface area (Å²) in [5, 5.41) is 13.4. The molecular formula is C18H23FN2O6. The summed E-state index contributed by atoms with van der Waals surface area (Å²) < 4.78 is 17.6. The number of amides is 2. The number of hydrogen-bond acceptors (Lipinski definition) is 5. The molecule has 1 rings (SSSR count). The van der Waals surface area contributed by atoms with E-state index in [4.69, 9.17) is 9.84 Å². The SMILES string of the molecule is CC(C)[C@H](NC(=O)OCc1ccccc1)C(=O)N[C@@H](CC(=O)O)C(=O)CF. The van der Waals surface area contributed by atoms with E-state index < -0.39 is 48.9 Å². The molecule has 0 aliphatic carbocycles. The van der Waals surface area contributed by atoms with Gasteiger partial charge in [-0.15, -0.1) is 0 Å². The van der Waals surface area contributed by atoms with E-state index in [1.807, 2.05) is 6.07 Å². The fraction of sp³-hybridized carbons (Fsp3) is 0.444. The number of carboxylic acid groups (broad SMARTS) is 1. The van der Waals surface area contributed by atoms with Crippen molar-refractivity contribution < 1.29 is 33.4 Å². The Bertz CT molecular complexity index is 665. The summed E-state index contributed by atoms with van der Waals surface area (Å²) >= 11 is 0. The summed E-state index contributed by atoms with van der Waals surface area (Å²) in [7, 11) is 0. The van der Waals surface area contributed by atoms with E-state index >= 15 is 0 Å². The number of alkyl halides is 1. The normalized spacial score (nSPS) is 12.7. The van der Waals surface area contributed by atoms with Crippen LogP contribution in [0.4, 0.5) is 9.18 Å². The Morgan fingerprint density at radius 1 is 1.11 bits per heavy atom. The lowest BCUT2D eigenvalue weighted by Gasteiger charge is -2.24. The van der Waals surface area contributed by atoms with E-state index in [9.17, 15) is 23.6 Å². The Labute approximate surface area is 156 Å². The molecule has 9 heteroatoms. The van der Waals surface area contributed by atoms with Crippen LogP contribution in [0.3, 0.4) is 0 Å². The maximum absolute atomic E-state index is 12.6. The molecular weight excluding hydrogens is 359 g/mol. The van der Waals surface area contributed by atoms with Gasteiger partial charge in [-0.25, -0.2) is 9.18 Å². The summed E-state index contributed by atoms with van der Waals surface area (Å²) in [6, 6.07) is 6.31. The Morgan fingerprint density at radius 3 is 2.26 bits per heavy atom. The number of benzene rings is 1. The lowest BCUT2D eigenvalue weighted by Crippen LogP contribution is -2.54. The van der Waals surface area contributed by atoms with Crippen molar-refractivity contribution in [2.45, 2.75) is 39.0 Å². The van der Waals surface area contributed by atoms with Crippen molar-refractivity contribution in [1.29, 1.82) is 0 Å². The lowest BCUT2D eigenvalue weighted by molar-refractivity contribution is -0.140. The third-order valence-corrected chi connectivity index (χ3v) is 3.65. The molecule has 3 N–H and O–H groups in total. The molecule has 0 aromatic heterocycles. The molecule has 0 saturated heterocycles. The highest BCUT2D eigenvalue weighted by atomic mass is 19.1. The van der Waals surface area contributed by atoms with Gasteiger partial charge in [0.15, 0.2) is 5.78 Å².